The van der Waals surface area contributed by atoms with Crippen molar-refractivity contribution in [2.45, 2.75) is 31.5 Å². The second-order valence-corrected chi connectivity index (χ2v) is 6.99. The number of hydrogen-bond donors (Lipinski definition) is 2. The van der Waals surface area contributed by atoms with Gasteiger partial charge in [-0.25, -0.2) is 0 Å². The number of amides is 1. The fraction of sp³-hybridized carbons (Fsp3) is 0.467. The maximum Gasteiger partial charge on any atom is 0.253 e. The highest BCUT2D eigenvalue weighted by Crippen LogP contribution is 2.35. The van der Waals surface area contributed by atoms with Crippen LogP contribution in [-0.4, -0.2) is 29.2 Å². The molecule has 1 fully saturated rings. The van der Waals surface area contributed by atoms with Crippen molar-refractivity contribution in [3.8, 4) is 0 Å². The minimum absolute atomic E-state index is 0.117. The Morgan fingerprint density at radius 1 is 1.38 bits per heavy atom. The molecule has 0 bridgehead atoms. The van der Waals surface area contributed by atoms with Crippen molar-refractivity contribution >= 4 is 22.8 Å². The third-order valence-electron chi connectivity index (χ3n) is 3.92. The van der Waals surface area contributed by atoms with Gasteiger partial charge >= 0.3 is 0 Å². The van der Waals surface area contributed by atoms with E-state index in [1.807, 2.05) is 31.2 Å². The number of nitrogens with zero attached hydrogens (tertiary/aromatic N) is 1. The monoisotopic (exact) mass is 305 g/mol. The Balaban J connectivity index is 1.77. The zero-order chi connectivity index (χ0) is 15.1. The van der Waals surface area contributed by atoms with Crippen molar-refractivity contribution in [1.29, 1.82) is 0 Å². The normalized spacial score (nSPS) is 31.4. The van der Waals surface area contributed by atoms with Crippen molar-refractivity contribution in [1.82, 2.24) is 5.32 Å². The summed E-state index contributed by atoms with van der Waals surface area (Å²) in [6, 6.07) is 7.57. The van der Waals surface area contributed by atoms with Gasteiger partial charge in [0.15, 0.2) is 10.9 Å². The van der Waals surface area contributed by atoms with E-state index in [1.165, 1.54) is 0 Å². The minimum Gasteiger partial charge on any atom is -0.379 e. The predicted molar refractivity (Wildman–Crippen MR) is 84.3 cm³/mol. The van der Waals surface area contributed by atoms with Gasteiger partial charge in [-0.1, -0.05) is 23.9 Å². The molecule has 21 heavy (non-hydrogen) atoms. The molecule has 3 rings (SSSR count). The SMILES string of the molecule is CC1(NC(=O)c2ccc(C3(C)CCSC(N)=N3)cc2)CO1. The van der Waals surface area contributed by atoms with Crippen LogP contribution in [-0.2, 0) is 10.3 Å². The quantitative estimate of drug-likeness (QED) is 0.835. The second-order valence-electron chi connectivity index (χ2n) is 5.87. The summed E-state index contributed by atoms with van der Waals surface area (Å²) in [5.74, 6) is 0.845. The van der Waals surface area contributed by atoms with Gasteiger partial charge in [-0.05, 0) is 38.0 Å². The average Bonchev–Trinajstić information content (AvgIpc) is 3.16. The number of thioether (sulfide) groups is 1. The van der Waals surface area contributed by atoms with E-state index in [0.717, 1.165) is 17.7 Å². The summed E-state index contributed by atoms with van der Waals surface area (Å²) in [4.78, 5) is 16.6. The van der Waals surface area contributed by atoms with Gasteiger partial charge in [0, 0.05) is 11.3 Å². The first kappa shape index (κ1) is 14.4. The maximum atomic E-state index is 12.1. The first-order chi connectivity index (χ1) is 9.90. The molecule has 112 valence electrons. The molecule has 2 unspecified atom stereocenters. The fourth-order valence-electron chi connectivity index (χ4n) is 2.37. The number of carbonyl (C=O) groups excluding carboxylic acids is 1. The number of epoxide rings is 1. The van der Waals surface area contributed by atoms with Crippen LogP contribution in [0, 0.1) is 0 Å². The van der Waals surface area contributed by atoms with E-state index in [-0.39, 0.29) is 11.4 Å². The smallest absolute Gasteiger partial charge is 0.253 e. The number of carbonyl (C=O) groups is 1. The van der Waals surface area contributed by atoms with Gasteiger partial charge in [-0.15, -0.1) is 0 Å². The van der Waals surface area contributed by atoms with Gasteiger partial charge in [0.05, 0.1) is 12.1 Å². The minimum atomic E-state index is -0.485. The molecule has 0 saturated carbocycles. The van der Waals surface area contributed by atoms with Gasteiger partial charge in [0.25, 0.3) is 5.91 Å². The van der Waals surface area contributed by atoms with E-state index in [1.54, 1.807) is 11.8 Å². The Morgan fingerprint density at radius 3 is 2.62 bits per heavy atom. The van der Waals surface area contributed by atoms with Crippen LogP contribution in [0.1, 0.15) is 36.2 Å². The average molecular weight is 305 g/mol. The van der Waals surface area contributed by atoms with Crippen LogP contribution in [0.5, 0.6) is 0 Å². The van der Waals surface area contributed by atoms with Gasteiger partial charge < -0.3 is 15.8 Å². The summed E-state index contributed by atoms with van der Waals surface area (Å²) in [5.41, 5.74) is 6.76. The van der Waals surface area contributed by atoms with Crippen LogP contribution >= 0.6 is 11.8 Å². The van der Waals surface area contributed by atoms with E-state index in [0.29, 0.717) is 17.3 Å². The largest absolute Gasteiger partial charge is 0.379 e. The fourth-order valence-corrected chi connectivity index (χ4v) is 3.34. The molecule has 1 aromatic rings. The Bertz CT molecular complexity index is 595. The lowest BCUT2D eigenvalue weighted by Gasteiger charge is -2.29. The molecule has 1 aromatic carbocycles. The van der Waals surface area contributed by atoms with E-state index in [4.69, 9.17) is 10.5 Å². The number of amidine groups is 1. The number of ether oxygens (including phenoxy) is 1. The number of rotatable bonds is 3. The van der Waals surface area contributed by atoms with Gasteiger partial charge in [0.2, 0.25) is 0 Å². The van der Waals surface area contributed by atoms with Gasteiger partial charge in [-0.3, -0.25) is 9.79 Å². The van der Waals surface area contributed by atoms with Crippen molar-refractivity contribution in [2.75, 3.05) is 12.4 Å². The molecule has 2 aliphatic rings. The molecule has 0 spiro atoms. The van der Waals surface area contributed by atoms with Crippen molar-refractivity contribution in [2.24, 2.45) is 10.7 Å². The highest BCUT2D eigenvalue weighted by molar-refractivity contribution is 8.13. The molecule has 0 radical (unpaired) electrons. The van der Waals surface area contributed by atoms with Crippen LogP contribution in [0.25, 0.3) is 0 Å². The molecule has 0 aliphatic carbocycles. The lowest BCUT2D eigenvalue weighted by molar-refractivity contribution is 0.0901. The van der Waals surface area contributed by atoms with Crippen molar-refractivity contribution in [3.05, 3.63) is 35.4 Å². The molecular formula is C15H19N3O2S. The standard InChI is InChI=1S/C15H19N3O2S/c1-14(7-8-21-13(16)18-14)11-5-3-10(4-6-11)12(19)17-15(2)9-20-15/h3-6H,7-9H2,1-2H3,(H2,16,18)(H,17,19). The lowest BCUT2D eigenvalue weighted by atomic mass is 9.89. The maximum absolute atomic E-state index is 12.1. The van der Waals surface area contributed by atoms with Crippen LogP contribution in [0.15, 0.2) is 29.3 Å². The van der Waals surface area contributed by atoms with E-state index >= 15 is 0 Å². The third kappa shape index (κ3) is 3.06. The molecule has 1 amide bonds. The van der Waals surface area contributed by atoms with E-state index in [2.05, 4.69) is 17.2 Å². The Labute approximate surface area is 128 Å². The molecule has 0 aromatic heterocycles. The number of nitrogens with two attached hydrogens (primary N) is 1. The van der Waals surface area contributed by atoms with E-state index in [9.17, 15) is 4.79 Å². The molecule has 5 nitrogen and oxygen atoms in total. The van der Waals surface area contributed by atoms with Crippen LogP contribution in [0.3, 0.4) is 0 Å². The highest BCUT2D eigenvalue weighted by Gasteiger charge is 2.41. The Hall–Kier alpha value is -1.53. The van der Waals surface area contributed by atoms with Gasteiger partial charge in [0.1, 0.15) is 0 Å². The number of benzene rings is 1. The van der Waals surface area contributed by atoms with Crippen LogP contribution in [0.2, 0.25) is 0 Å². The molecule has 2 aliphatic heterocycles. The second kappa shape index (κ2) is 5.03. The third-order valence-corrected chi connectivity index (χ3v) is 4.72. The first-order valence-electron chi connectivity index (χ1n) is 6.95. The molecule has 2 atom stereocenters. The molecule has 2 heterocycles. The summed E-state index contributed by atoms with van der Waals surface area (Å²) < 4.78 is 5.17. The van der Waals surface area contributed by atoms with Crippen molar-refractivity contribution in [3.63, 3.8) is 0 Å². The number of nitrogens with one attached hydrogen (secondary N) is 1. The Morgan fingerprint density at radius 2 is 2.05 bits per heavy atom. The predicted octanol–water partition coefficient (Wildman–Crippen LogP) is 1.83. The lowest BCUT2D eigenvalue weighted by Crippen LogP contribution is -2.35. The number of hydrogen-bond acceptors (Lipinski definition) is 5. The summed E-state index contributed by atoms with van der Waals surface area (Å²) in [7, 11) is 0. The molecular weight excluding hydrogens is 286 g/mol. The first-order valence-corrected chi connectivity index (χ1v) is 7.94. The zero-order valence-electron chi connectivity index (χ0n) is 12.2. The zero-order valence-corrected chi connectivity index (χ0v) is 13.0. The molecule has 1 saturated heterocycles. The van der Waals surface area contributed by atoms with E-state index < -0.39 is 5.72 Å². The number of aliphatic imine (C=N–C) groups is 1. The summed E-state index contributed by atoms with van der Waals surface area (Å²) >= 11 is 1.59. The van der Waals surface area contributed by atoms with Gasteiger partial charge in [-0.2, -0.15) is 0 Å². The molecule has 6 heteroatoms. The van der Waals surface area contributed by atoms with Crippen LogP contribution < -0.4 is 11.1 Å². The summed E-state index contributed by atoms with van der Waals surface area (Å²) in [6.07, 6.45) is 0.940. The highest BCUT2D eigenvalue weighted by atomic mass is 32.2. The molecule has 3 N–H and O–H groups in total. The van der Waals surface area contributed by atoms with Crippen molar-refractivity contribution < 1.29 is 9.53 Å². The topological polar surface area (TPSA) is 80.0 Å². The Kier molecular flexibility index (Phi) is 3.45. The van der Waals surface area contributed by atoms with Crippen LogP contribution in [0.4, 0.5) is 0 Å². The summed E-state index contributed by atoms with van der Waals surface area (Å²) in [5, 5.41) is 3.48. The summed E-state index contributed by atoms with van der Waals surface area (Å²) in [6.45, 7) is 4.51.